The topological polar surface area (TPSA) is 9.23 Å². The molecule has 0 amide bonds. The fraction of sp³-hybridized carbons (Fsp3) is 0.793. The van der Waals surface area contributed by atoms with Crippen molar-refractivity contribution in [1.82, 2.24) is 0 Å². The van der Waals surface area contributed by atoms with E-state index in [1.165, 1.54) is 44.3 Å². The minimum atomic E-state index is 0.577. The van der Waals surface area contributed by atoms with Crippen LogP contribution in [0.5, 0.6) is 5.75 Å². The van der Waals surface area contributed by atoms with Gasteiger partial charge in [-0.1, -0.05) is 18.2 Å². The summed E-state index contributed by atoms with van der Waals surface area (Å²) >= 11 is 0. The second-order valence-corrected chi connectivity index (χ2v) is 13.0. The van der Waals surface area contributed by atoms with Crippen LogP contribution in [0.4, 0.5) is 0 Å². The van der Waals surface area contributed by atoms with E-state index in [4.69, 9.17) is 4.74 Å². The molecule has 0 saturated heterocycles. The zero-order valence-corrected chi connectivity index (χ0v) is 19.0. The van der Waals surface area contributed by atoms with Crippen molar-refractivity contribution in [3.63, 3.8) is 0 Å². The van der Waals surface area contributed by atoms with Crippen LogP contribution in [-0.2, 0) is 0 Å². The Balaban J connectivity index is 1.39. The normalized spacial score (nSPS) is 48.8. The van der Waals surface area contributed by atoms with Gasteiger partial charge in [0.2, 0.25) is 0 Å². The van der Waals surface area contributed by atoms with Crippen LogP contribution < -0.4 is 4.74 Å². The molecule has 1 nitrogen and oxygen atoms in total. The molecule has 8 fully saturated rings. The summed E-state index contributed by atoms with van der Waals surface area (Å²) in [5.41, 5.74) is 2.78. The molecule has 0 unspecified atom stereocenters. The number of ether oxygens (including phenoxy) is 1. The molecular weight excluding hydrogens is 364 g/mol. The van der Waals surface area contributed by atoms with E-state index < -0.39 is 0 Å². The minimum absolute atomic E-state index is 0.577. The highest BCUT2D eigenvalue weighted by molar-refractivity contribution is 5.40. The van der Waals surface area contributed by atoms with Crippen LogP contribution in [0.3, 0.4) is 0 Å². The quantitative estimate of drug-likeness (QED) is 0.491. The monoisotopic (exact) mass is 404 g/mol. The molecule has 0 aromatic heterocycles. The summed E-state index contributed by atoms with van der Waals surface area (Å²) in [5.74, 6) is 8.20. The molecule has 8 bridgehead atoms. The van der Waals surface area contributed by atoms with Crippen molar-refractivity contribution in [3.8, 4) is 5.75 Å². The van der Waals surface area contributed by atoms with Crippen molar-refractivity contribution in [2.45, 2.75) is 89.9 Å². The van der Waals surface area contributed by atoms with Crippen LogP contribution in [0, 0.1) is 46.3 Å². The Bertz CT molecular complexity index is 707. The largest absolute Gasteiger partial charge is 0.494 e. The first-order valence-corrected chi connectivity index (χ1v) is 13.4. The number of benzene rings is 1. The molecule has 8 saturated carbocycles. The van der Waals surface area contributed by atoms with Crippen LogP contribution in [0.1, 0.15) is 95.5 Å². The molecule has 0 atom stereocenters. The van der Waals surface area contributed by atoms with Gasteiger partial charge in [0, 0.05) is 0 Å². The Hall–Kier alpha value is -0.980. The maximum Gasteiger partial charge on any atom is 0.122 e. The van der Waals surface area contributed by atoms with Gasteiger partial charge in [0.1, 0.15) is 5.75 Å². The first-order chi connectivity index (χ1) is 14.6. The molecule has 0 heterocycles. The van der Waals surface area contributed by atoms with E-state index in [9.17, 15) is 0 Å². The third-order valence-electron chi connectivity index (χ3n) is 10.9. The molecule has 0 spiro atoms. The van der Waals surface area contributed by atoms with E-state index in [0.717, 1.165) is 48.0 Å². The van der Waals surface area contributed by atoms with Crippen molar-refractivity contribution in [2.24, 2.45) is 46.3 Å². The first kappa shape index (κ1) is 18.6. The van der Waals surface area contributed by atoms with E-state index in [1.54, 1.807) is 44.1 Å². The van der Waals surface area contributed by atoms with Crippen LogP contribution in [0.25, 0.3) is 0 Å². The molecule has 8 aliphatic rings. The molecule has 1 aromatic carbocycles. The van der Waals surface area contributed by atoms with Gasteiger partial charge in [-0.3, -0.25) is 0 Å². The van der Waals surface area contributed by atoms with Gasteiger partial charge in [-0.15, -0.1) is 0 Å². The zero-order valence-electron chi connectivity index (χ0n) is 19.0. The van der Waals surface area contributed by atoms with Gasteiger partial charge in [0.25, 0.3) is 0 Å². The molecule has 8 aliphatic carbocycles. The number of para-hydroxylation sites is 1. The molecule has 0 radical (unpaired) electrons. The van der Waals surface area contributed by atoms with Crippen molar-refractivity contribution >= 4 is 0 Å². The number of rotatable bonds is 5. The Kier molecular flexibility index (Phi) is 4.04. The standard InChI is InChI=1S/C29H40O/c1-2-30-26-6-4-3-5-25(26)27(28-13-19-7-20(14-28)9-21(8-19)15-28)29-16-22-10-23(17-29)12-24(11-22)18-29/h3-6,19-24,27H,2,7-18H2,1H3. The zero-order chi connectivity index (χ0) is 19.9. The van der Waals surface area contributed by atoms with E-state index in [1.807, 2.05) is 0 Å². The number of hydrogen-bond acceptors (Lipinski definition) is 1. The molecule has 1 heteroatoms. The molecule has 9 rings (SSSR count). The van der Waals surface area contributed by atoms with Gasteiger partial charge in [-0.2, -0.15) is 0 Å². The van der Waals surface area contributed by atoms with E-state index in [0.29, 0.717) is 10.8 Å². The van der Waals surface area contributed by atoms with Gasteiger partial charge >= 0.3 is 0 Å². The lowest BCUT2D eigenvalue weighted by Gasteiger charge is -2.67. The van der Waals surface area contributed by atoms with E-state index >= 15 is 0 Å². The van der Waals surface area contributed by atoms with E-state index in [2.05, 4.69) is 31.2 Å². The first-order valence-electron chi connectivity index (χ1n) is 13.4. The van der Waals surface area contributed by atoms with Crippen molar-refractivity contribution in [2.75, 3.05) is 6.61 Å². The number of hydrogen-bond donors (Lipinski definition) is 0. The lowest BCUT2D eigenvalue weighted by atomic mass is 9.37. The molecule has 1 aromatic rings. The summed E-state index contributed by atoms with van der Waals surface area (Å²) in [4.78, 5) is 0. The average molecular weight is 405 g/mol. The van der Waals surface area contributed by atoms with Crippen molar-refractivity contribution in [3.05, 3.63) is 29.8 Å². The molecule has 162 valence electrons. The summed E-state index contributed by atoms with van der Waals surface area (Å²) in [6, 6.07) is 9.34. The minimum Gasteiger partial charge on any atom is -0.494 e. The van der Waals surface area contributed by atoms with Crippen LogP contribution in [0.15, 0.2) is 24.3 Å². The van der Waals surface area contributed by atoms with Gasteiger partial charge in [-0.25, -0.2) is 0 Å². The molecule has 30 heavy (non-hydrogen) atoms. The highest BCUT2D eigenvalue weighted by Gasteiger charge is 2.63. The average Bonchev–Trinajstić information content (AvgIpc) is 2.67. The Morgan fingerprint density at radius 2 is 1.10 bits per heavy atom. The Morgan fingerprint density at radius 1 is 0.700 bits per heavy atom. The van der Waals surface area contributed by atoms with Gasteiger partial charge in [-0.05, 0) is 148 Å². The fourth-order valence-electron chi connectivity index (χ4n) is 11.4. The lowest BCUT2D eigenvalue weighted by molar-refractivity contribution is -0.144. The fourth-order valence-corrected chi connectivity index (χ4v) is 11.4. The van der Waals surface area contributed by atoms with Gasteiger partial charge < -0.3 is 4.74 Å². The second kappa shape index (κ2) is 6.52. The van der Waals surface area contributed by atoms with Gasteiger partial charge in [0.15, 0.2) is 0 Å². The summed E-state index contributed by atoms with van der Waals surface area (Å²) in [6.07, 6.45) is 18.5. The second-order valence-electron chi connectivity index (χ2n) is 13.0. The molecule has 0 aliphatic heterocycles. The van der Waals surface area contributed by atoms with E-state index in [-0.39, 0.29) is 0 Å². The summed E-state index contributed by atoms with van der Waals surface area (Å²) < 4.78 is 6.34. The smallest absolute Gasteiger partial charge is 0.122 e. The third-order valence-corrected chi connectivity index (χ3v) is 10.9. The molecular formula is C29H40O. The third kappa shape index (κ3) is 2.65. The summed E-state index contributed by atoms with van der Waals surface area (Å²) in [6.45, 7) is 2.96. The Labute approximate surface area is 183 Å². The summed E-state index contributed by atoms with van der Waals surface area (Å²) in [7, 11) is 0. The summed E-state index contributed by atoms with van der Waals surface area (Å²) in [5, 5.41) is 0. The van der Waals surface area contributed by atoms with Gasteiger partial charge in [0.05, 0.1) is 6.61 Å². The predicted molar refractivity (Wildman–Crippen MR) is 122 cm³/mol. The van der Waals surface area contributed by atoms with Crippen molar-refractivity contribution in [1.29, 1.82) is 0 Å². The Morgan fingerprint density at radius 3 is 1.50 bits per heavy atom. The van der Waals surface area contributed by atoms with Crippen LogP contribution in [-0.4, -0.2) is 6.61 Å². The highest BCUT2D eigenvalue weighted by atomic mass is 16.5. The maximum absolute atomic E-state index is 6.34. The molecule has 0 N–H and O–H groups in total. The van der Waals surface area contributed by atoms with Crippen LogP contribution >= 0.6 is 0 Å². The predicted octanol–water partition coefficient (Wildman–Crippen LogP) is 7.60. The maximum atomic E-state index is 6.34. The van der Waals surface area contributed by atoms with Crippen LogP contribution in [0.2, 0.25) is 0 Å². The van der Waals surface area contributed by atoms with Crippen molar-refractivity contribution < 1.29 is 4.74 Å². The SMILES string of the molecule is CCOc1ccccc1C(C12CC3CC(CC(C3)C1)C2)C12CC3CC(CC(C3)C1)C2. The lowest BCUT2D eigenvalue weighted by Crippen LogP contribution is -2.57. The highest BCUT2D eigenvalue weighted by Crippen LogP contribution is 2.74.